The fourth-order valence-corrected chi connectivity index (χ4v) is 2.64. The van der Waals surface area contributed by atoms with E-state index in [1.165, 1.54) is 0 Å². The van der Waals surface area contributed by atoms with Crippen molar-refractivity contribution in [3.05, 3.63) is 47.5 Å². The van der Waals surface area contributed by atoms with E-state index in [4.69, 9.17) is 5.73 Å². The second-order valence-electron chi connectivity index (χ2n) is 5.01. The van der Waals surface area contributed by atoms with Gasteiger partial charge in [-0.05, 0) is 5.56 Å². The van der Waals surface area contributed by atoms with Crippen molar-refractivity contribution < 1.29 is 4.79 Å². The fraction of sp³-hybridized carbons (Fsp3) is 0.357. The van der Waals surface area contributed by atoms with E-state index in [0.717, 1.165) is 11.4 Å². The zero-order valence-corrected chi connectivity index (χ0v) is 12.6. The smallest absolute Gasteiger partial charge is 0.246 e. The molecule has 7 heteroatoms. The molecule has 1 atom stereocenters. The quantitative estimate of drug-likeness (QED) is 0.914. The van der Waals surface area contributed by atoms with Crippen LogP contribution in [0.5, 0.6) is 0 Å². The summed E-state index contributed by atoms with van der Waals surface area (Å²) in [6.07, 6.45) is 0.627. The average molecular weight is 308 g/mol. The first kappa shape index (κ1) is 15.5. The highest BCUT2D eigenvalue weighted by atomic mass is 35.5. The molecule has 2 aromatic rings. The molecule has 0 bridgehead atoms. The van der Waals surface area contributed by atoms with Crippen molar-refractivity contribution in [2.75, 3.05) is 7.05 Å². The summed E-state index contributed by atoms with van der Waals surface area (Å²) in [5, 5.41) is 8.23. The molecule has 2 N–H and O–H groups in total. The van der Waals surface area contributed by atoms with Gasteiger partial charge in [0.1, 0.15) is 11.9 Å². The predicted molar refractivity (Wildman–Crippen MR) is 80.8 cm³/mol. The number of nitrogens with two attached hydrogens (primary N) is 1. The van der Waals surface area contributed by atoms with Gasteiger partial charge in [0, 0.05) is 13.5 Å². The molecule has 0 spiro atoms. The van der Waals surface area contributed by atoms with Crippen LogP contribution in [-0.2, 0) is 24.3 Å². The first-order chi connectivity index (χ1) is 9.70. The largest absolute Gasteiger partial charge is 0.336 e. The first-order valence-electron chi connectivity index (χ1n) is 6.62. The van der Waals surface area contributed by atoms with E-state index in [2.05, 4.69) is 10.2 Å². The zero-order chi connectivity index (χ0) is 14.1. The van der Waals surface area contributed by atoms with Gasteiger partial charge < -0.3 is 10.6 Å². The Balaban J connectivity index is 0.00000161. The van der Waals surface area contributed by atoms with E-state index >= 15 is 0 Å². The molecule has 3 rings (SSSR count). The molecule has 0 radical (unpaired) electrons. The third-order valence-corrected chi connectivity index (χ3v) is 3.64. The number of hydrogen-bond donors (Lipinski definition) is 1. The van der Waals surface area contributed by atoms with Gasteiger partial charge in [-0.25, -0.2) is 0 Å². The van der Waals surface area contributed by atoms with Crippen LogP contribution in [-0.4, -0.2) is 32.6 Å². The molecule has 6 nitrogen and oxygen atoms in total. The fourth-order valence-electron chi connectivity index (χ4n) is 2.64. The molecular formula is C14H18ClN5O. The molecule has 1 aliphatic heterocycles. The number of benzene rings is 1. The number of carbonyl (C=O) groups excluding carboxylic acids is 1. The summed E-state index contributed by atoms with van der Waals surface area (Å²) < 4.78 is 1.90. The van der Waals surface area contributed by atoms with Gasteiger partial charge in [0.2, 0.25) is 5.91 Å². The normalized spacial score (nSPS) is 17.3. The molecule has 0 fully saturated rings. The Labute approximate surface area is 129 Å². The van der Waals surface area contributed by atoms with Gasteiger partial charge in [-0.1, -0.05) is 30.3 Å². The summed E-state index contributed by atoms with van der Waals surface area (Å²) in [5.41, 5.74) is 6.82. The molecule has 1 aromatic heterocycles. The lowest BCUT2D eigenvalue weighted by atomic mass is 10.0. The highest BCUT2D eigenvalue weighted by Crippen LogP contribution is 2.25. The van der Waals surface area contributed by atoms with E-state index in [1.807, 2.05) is 34.9 Å². The number of rotatable bonds is 3. The topological polar surface area (TPSA) is 77.0 Å². The molecule has 2 heterocycles. The highest BCUT2D eigenvalue weighted by molar-refractivity contribution is 5.85. The Kier molecular flexibility index (Phi) is 4.59. The third kappa shape index (κ3) is 2.77. The summed E-state index contributed by atoms with van der Waals surface area (Å²) in [5.74, 6) is 1.55. The van der Waals surface area contributed by atoms with E-state index in [0.29, 0.717) is 18.8 Å². The summed E-state index contributed by atoms with van der Waals surface area (Å²) in [7, 11) is 1.79. The SMILES string of the molecule is CN1Cc2nnc(CN)n2[C@H](Cc2ccccc2)C1=O.Cl. The number of carbonyl (C=O) groups is 1. The van der Waals surface area contributed by atoms with Crippen LogP contribution in [0.25, 0.3) is 0 Å². The van der Waals surface area contributed by atoms with Gasteiger partial charge in [-0.2, -0.15) is 0 Å². The number of aromatic nitrogens is 3. The lowest BCUT2D eigenvalue weighted by Crippen LogP contribution is -2.42. The Morgan fingerprint density at radius 3 is 2.67 bits per heavy atom. The lowest BCUT2D eigenvalue weighted by molar-refractivity contribution is -0.136. The number of fused-ring (bicyclic) bond motifs is 1. The maximum atomic E-state index is 12.5. The van der Waals surface area contributed by atoms with Crippen LogP contribution in [0.4, 0.5) is 0 Å². The van der Waals surface area contributed by atoms with Crippen molar-refractivity contribution in [3.8, 4) is 0 Å². The van der Waals surface area contributed by atoms with Crippen LogP contribution in [0, 0.1) is 0 Å². The van der Waals surface area contributed by atoms with Crippen molar-refractivity contribution in [1.82, 2.24) is 19.7 Å². The predicted octanol–water partition coefficient (Wildman–Crippen LogP) is 0.914. The number of nitrogens with zero attached hydrogens (tertiary/aromatic N) is 4. The van der Waals surface area contributed by atoms with Gasteiger partial charge in [-0.15, -0.1) is 22.6 Å². The van der Waals surface area contributed by atoms with Crippen molar-refractivity contribution in [2.24, 2.45) is 5.73 Å². The van der Waals surface area contributed by atoms with Crippen LogP contribution in [0.3, 0.4) is 0 Å². The minimum absolute atomic E-state index is 0. The third-order valence-electron chi connectivity index (χ3n) is 3.64. The van der Waals surface area contributed by atoms with E-state index in [-0.39, 0.29) is 30.9 Å². The van der Waals surface area contributed by atoms with E-state index in [9.17, 15) is 4.79 Å². The molecule has 0 unspecified atom stereocenters. The van der Waals surface area contributed by atoms with Crippen LogP contribution in [0.1, 0.15) is 23.3 Å². The second kappa shape index (κ2) is 6.24. The Bertz CT molecular complexity index is 628. The molecule has 1 aromatic carbocycles. The first-order valence-corrected chi connectivity index (χ1v) is 6.62. The minimum Gasteiger partial charge on any atom is -0.336 e. The summed E-state index contributed by atoms with van der Waals surface area (Å²) in [6.45, 7) is 0.770. The number of hydrogen-bond acceptors (Lipinski definition) is 4. The Morgan fingerprint density at radius 2 is 2.00 bits per heavy atom. The molecular weight excluding hydrogens is 290 g/mol. The molecule has 0 saturated carbocycles. The van der Waals surface area contributed by atoms with Crippen LogP contribution < -0.4 is 5.73 Å². The average Bonchev–Trinajstić information content (AvgIpc) is 2.87. The van der Waals surface area contributed by atoms with E-state index < -0.39 is 0 Å². The minimum atomic E-state index is -0.306. The van der Waals surface area contributed by atoms with E-state index in [1.54, 1.807) is 11.9 Å². The molecule has 0 saturated heterocycles. The number of halogens is 1. The highest BCUT2D eigenvalue weighted by Gasteiger charge is 2.33. The summed E-state index contributed by atoms with van der Waals surface area (Å²) in [4.78, 5) is 14.2. The van der Waals surface area contributed by atoms with Gasteiger partial charge in [0.25, 0.3) is 0 Å². The second-order valence-corrected chi connectivity index (χ2v) is 5.01. The number of amides is 1. The number of likely N-dealkylation sites (N-methyl/N-ethyl adjacent to an activating group) is 1. The van der Waals surface area contributed by atoms with Crippen molar-refractivity contribution in [2.45, 2.75) is 25.6 Å². The Hall–Kier alpha value is -1.92. The zero-order valence-electron chi connectivity index (χ0n) is 11.8. The molecule has 0 aliphatic carbocycles. The molecule has 1 aliphatic rings. The monoisotopic (exact) mass is 307 g/mol. The summed E-state index contributed by atoms with van der Waals surface area (Å²) in [6, 6.07) is 9.65. The van der Waals surface area contributed by atoms with Crippen molar-refractivity contribution >= 4 is 18.3 Å². The standard InChI is InChI=1S/C14H17N5O.ClH/c1-18-9-13-17-16-12(8-15)19(13)11(14(18)20)7-10-5-3-2-4-6-10;/h2-6,11H,7-9,15H2,1H3;1H/t11-;/m1./s1. The van der Waals surface area contributed by atoms with Gasteiger partial charge >= 0.3 is 0 Å². The lowest BCUT2D eigenvalue weighted by Gasteiger charge is -2.31. The molecule has 112 valence electrons. The van der Waals surface area contributed by atoms with Gasteiger partial charge in [0.15, 0.2) is 5.82 Å². The maximum absolute atomic E-state index is 12.5. The van der Waals surface area contributed by atoms with Crippen molar-refractivity contribution in [1.29, 1.82) is 0 Å². The van der Waals surface area contributed by atoms with Crippen LogP contribution >= 0.6 is 12.4 Å². The Morgan fingerprint density at radius 1 is 1.29 bits per heavy atom. The summed E-state index contributed by atoms with van der Waals surface area (Å²) >= 11 is 0. The van der Waals surface area contributed by atoms with Crippen LogP contribution in [0.15, 0.2) is 30.3 Å². The molecule has 1 amide bonds. The van der Waals surface area contributed by atoms with Gasteiger partial charge in [0.05, 0.1) is 13.1 Å². The molecule has 21 heavy (non-hydrogen) atoms. The maximum Gasteiger partial charge on any atom is 0.246 e. The van der Waals surface area contributed by atoms with Gasteiger partial charge in [-0.3, -0.25) is 9.36 Å². The van der Waals surface area contributed by atoms with Crippen molar-refractivity contribution in [3.63, 3.8) is 0 Å². The van der Waals surface area contributed by atoms with Crippen LogP contribution in [0.2, 0.25) is 0 Å².